The first-order chi connectivity index (χ1) is 9.49. The van der Waals surface area contributed by atoms with E-state index in [0.717, 1.165) is 28.8 Å². The van der Waals surface area contributed by atoms with E-state index in [1.54, 1.807) is 0 Å². The second-order valence-corrected chi connectivity index (χ2v) is 6.31. The van der Waals surface area contributed by atoms with Crippen LogP contribution in [-0.2, 0) is 6.42 Å². The quantitative estimate of drug-likeness (QED) is 0.900. The van der Waals surface area contributed by atoms with Crippen LogP contribution < -0.4 is 5.32 Å². The molecule has 3 nitrogen and oxygen atoms in total. The molecule has 0 bridgehead atoms. The summed E-state index contributed by atoms with van der Waals surface area (Å²) in [6, 6.07) is 8.79. The number of rotatable bonds is 5. The molecule has 1 aromatic heterocycles. The van der Waals surface area contributed by atoms with Gasteiger partial charge in [0.2, 0.25) is 0 Å². The number of nitrogens with one attached hydrogen (secondary N) is 1. The standard InChI is InChI=1S/C16H22BrN3/c1-11(2)18-10-9-16-12(3)19-20(13(16)4)15-7-5-14(17)6-8-15/h5-8,11,18H,9-10H2,1-4H3. The molecule has 20 heavy (non-hydrogen) atoms. The van der Waals surface area contributed by atoms with Crippen molar-refractivity contribution in [3.8, 4) is 5.69 Å². The molecule has 4 heteroatoms. The molecular formula is C16H22BrN3. The van der Waals surface area contributed by atoms with Gasteiger partial charge >= 0.3 is 0 Å². The van der Waals surface area contributed by atoms with Gasteiger partial charge in [-0.1, -0.05) is 29.8 Å². The maximum atomic E-state index is 4.68. The SMILES string of the molecule is Cc1nn(-c2ccc(Br)cc2)c(C)c1CCNC(C)C. The van der Waals surface area contributed by atoms with Gasteiger partial charge < -0.3 is 5.32 Å². The van der Waals surface area contributed by atoms with E-state index in [1.165, 1.54) is 11.3 Å². The molecule has 2 rings (SSSR count). The lowest BCUT2D eigenvalue weighted by atomic mass is 10.1. The first kappa shape index (κ1) is 15.3. The Morgan fingerprint density at radius 3 is 2.45 bits per heavy atom. The molecule has 0 atom stereocenters. The Balaban J connectivity index is 2.22. The zero-order valence-corrected chi connectivity index (χ0v) is 14.2. The molecule has 0 amide bonds. The highest BCUT2D eigenvalue weighted by molar-refractivity contribution is 9.10. The molecule has 0 aliphatic heterocycles. The van der Waals surface area contributed by atoms with E-state index in [0.29, 0.717) is 6.04 Å². The summed E-state index contributed by atoms with van der Waals surface area (Å²) in [5, 5.41) is 8.14. The fraction of sp³-hybridized carbons (Fsp3) is 0.438. The predicted molar refractivity (Wildman–Crippen MR) is 87.6 cm³/mol. The van der Waals surface area contributed by atoms with Crippen molar-refractivity contribution in [2.75, 3.05) is 6.54 Å². The van der Waals surface area contributed by atoms with Gasteiger partial charge in [0.15, 0.2) is 0 Å². The van der Waals surface area contributed by atoms with E-state index in [-0.39, 0.29) is 0 Å². The summed E-state index contributed by atoms with van der Waals surface area (Å²) in [6.07, 6.45) is 1.02. The molecule has 108 valence electrons. The smallest absolute Gasteiger partial charge is 0.0649 e. The van der Waals surface area contributed by atoms with Gasteiger partial charge in [-0.05, 0) is 56.6 Å². The van der Waals surface area contributed by atoms with Crippen LogP contribution >= 0.6 is 15.9 Å². The molecule has 1 heterocycles. The van der Waals surface area contributed by atoms with E-state index < -0.39 is 0 Å². The maximum Gasteiger partial charge on any atom is 0.0649 e. The zero-order chi connectivity index (χ0) is 14.7. The average Bonchev–Trinajstić information content (AvgIpc) is 2.67. The molecule has 0 saturated carbocycles. The normalized spacial score (nSPS) is 11.3. The summed E-state index contributed by atoms with van der Waals surface area (Å²) < 4.78 is 3.12. The largest absolute Gasteiger partial charge is 0.314 e. The second-order valence-electron chi connectivity index (χ2n) is 5.40. The summed E-state index contributed by atoms with van der Waals surface area (Å²) in [4.78, 5) is 0. The first-order valence-corrected chi connectivity index (χ1v) is 7.82. The third kappa shape index (κ3) is 3.49. The Hall–Kier alpha value is -1.13. The predicted octanol–water partition coefficient (Wildman–Crippen LogP) is 3.79. The van der Waals surface area contributed by atoms with Gasteiger partial charge in [-0.3, -0.25) is 0 Å². The Kier molecular flexibility index (Phi) is 5.00. The number of hydrogen-bond donors (Lipinski definition) is 1. The molecule has 0 aliphatic carbocycles. The van der Waals surface area contributed by atoms with E-state index in [2.05, 4.69) is 66.2 Å². The van der Waals surface area contributed by atoms with Crippen molar-refractivity contribution in [1.82, 2.24) is 15.1 Å². The lowest BCUT2D eigenvalue weighted by Gasteiger charge is -2.08. The van der Waals surface area contributed by atoms with Crippen LogP contribution in [0, 0.1) is 13.8 Å². The number of hydrogen-bond acceptors (Lipinski definition) is 2. The minimum absolute atomic E-state index is 0.525. The maximum absolute atomic E-state index is 4.68. The lowest BCUT2D eigenvalue weighted by molar-refractivity contribution is 0.589. The lowest BCUT2D eigenvalue weighted by Crippen LogP contribution is -2.25. The van der Waals surface area contributed by atoms with Crippen molar-refractivity contribution in [3.63, 3.8) is 0 Å². The van der Waals surface area contributed by atoms with Gasteiger partial charge in [-0.25, -0.2) is 4.68 Å². The third-order valence-electron chi connectivity index (χ3n) is 3.44. The molecule has 2 aromatic rings. The van der Waals surface area contributed by atoms with Crippen molar-refractivity contribution < 1.29 is 0 Å². The summed E-state index contributed by atoms with van der Waals surface area (Å²) >= 11 is 3.47. The zero-order valence-electron chi connectivity index (χ0n) is 12.6. The Morgan fingerprint density at radius 2 is 1.85 bits per heavy atom. The van der Waals surface area contributed by atoms with Gasteiger partial charge in [-0.2, -0.15) is 5.10 Å². The minimum Gasteiger partial charge on any atom is -0.314 e. The number of halogens is 1. The highest BCUT2D eigenvalue weighted by atomic mass is 79.9. The van der Waals surface area contributed by atoms with Crippen LogP contribution in [0.4, 0.5) is 0 Å². The van der Waals surface area contributed by atoms with Crippen LogP contribution in [0.25, 0.3) is 5.69 Å². The molecule has 0 radical (unpaired) electrons. The summed E-state index contributed by atoms with van der Waals surface area (Å²) in [7, 11) is 0. The molecular weight excluding hydrogens is 314 g/mol. The van der Waals surface area contributed by atoms with E-state index >= 15 is 0 Å². The van der Waals surface area contributed by atoms with Crippen LogP contribution in [0.2, 0.25) is 0 Å². The monoisotopic (exact) mass is 335 g/mol. The third-order valence-corrected chi connectivity index (χ3v) is 3.97. The van der Waals surface area contributed by atoms with Gasteiger partial charge in [0.05, 0.1) is 11.4 Å². The fourth-order valence-electron chi connectivity index (χ4n) is 2.36. The molecule has 0 fully saturated rings. The highest BCUT2D eigenvalue weighted by Crippen LogP contribution is 2.20. The highest BCUT2D eigenvalue weighted by Gasteiger charge is 2.12. The van der Waals surface area contributed by atoms with Crippen molar-refractivity contribution >= 4 is 15.9 Å². The topological polar surface area (TPSA) is 29.9 Å². The number of aryl methyl sites for hydroxylation is 1. The molecule has 0 aliphatic rings. The van der Waals surface area contributed by atoms with Crippen LogP contribution in [0.1, 0.15) is 30.8 Å². The van der Waals surface area contributed by atoms with Crippen LogP contribution in [0.5, 0.6) is 0 Å². The molecule has 1 N–H and O–H groups in total. The Bertz CT molecular complexity index is 570. The summed E-state index contributed by atoms with van der Waals surface area (Å²) in [5.74, 6) is 0. The molecule has 1 aromatic carbocycles. The van der Waals surface area contributed by atoms with Crippen molar-refractivity contribution in [1.29, 1.82) is 0 Å². The van der Waals surface area contributed by atoms with E-state index in [4.69, 9.17) is 0 Å². The minimum atomic E-state index is 0.525. The van der Waals surface area contributed by atoms with Crippen molar-refractivity contribution in [2.24, 2.45) is 0 Å². The van der Waals surface area contributed by atoms with E-state index in [9.17, 15) is 0 Å². The van der Waals surface area contributed by atoms with Gasteiger partial charge in [0, 0.05) is 16.2 Å². The summed E-state index contributed by atoms with van der Waals surface area (Å²) in [5.41, 5.74) is 4.81. The van der Waals surface area contributed by atoms with Crippen LogP contribution in [-0.4, -0.2) is 22.4 Å². The Morgan fingerprint density at radius 1 is 1.20 bits per heavy atom. The number of nitrogens with zero attached hydrogens (tertiary/aromatic N) is 2. The molecule has 0 spiro atoms. The van der Waals surface area contributed by atoms with Gasteiger partial charge in [0.1, 0.15) is 0 Å². The number of aromatic nitrogens is 2. The fourth-order valence-corrected chi connectivity index (χ4v) is 2.62. The van der Waals surface area contributed by atoms with Gasteiger partial charge in [-0.15, -0.1) is 0 Å². The summed E-state index contributed by atoms with van der Waals surface area (Å²) in [6.45, 7) is 9.57. The van der Waals surface area contributed by atoms with Crippen LogP contribution in [0.3, 0.4) is 0 Å². The number of benzene rings is 1. The molecule has 0 unspecified atom stereocenters. The van der Waals surface area contributed by atoms with Crippen molar-refractivity contribution in [2.45, 2.75) is 40.2 Å². The van der Waals surface area contributed by atoms with Crippen LogP contribution in [0.15, 0.2) is 28.7 Å². The second kappa shape index (κ2) is 6.55. The van der Waals surface area contributed by atoms with Gasteiger partial charge in [0.25, 0.3) is 0 Å². The average molecular weight is 336 g/mol. The van der Waals surface area contributed by atoms with E-state index in [1.807, 2.05) is 16.8 Å². The first-order valence-electron chi connectivity index (χ1n) is 7.03. The van der Waals surface area contributed by atoms with Crippen molar-refractivity contribution in [3.05, 3.63) is 45.7 Å². The Labute approximate surface area is 129 Å². The molecule has 0 saturated heterocycles.